The molecule has 128 valence electrons. The Labute approximate surface area is 143 Å². The Morgan fingerprint density at radius 2 is 2.09 bits per heavy atom. The van der Waals surface area contributed by atoms with Crippen molar-refractivity contribution in [3.05, 3.63) is 35.0 Å². The topological polar surface area (TPSA) is 68.5 Å². The number of nitrogens with two attached hydrogens (primary N) is 1. The van der Waals surface area contributed by atoms with Crippen molar-refractivity contribution >= 4 is 22.4 Å². The molecule has 0 aromatic carbocycles. The van der Waals surface area contributed by atoms with E-state index < -0.39 is 5.60 Å². The molecule has 0 aliphatic heterocycles. The van der Waals surface area contributed by atoms with Crippen molar-refractivity contribution in [2.75, 3.05) is 12.8 Å². The number of hydrogen-bond acceptors (Lipinski definition) is 5. The zero-order valence-electron chi connectivity index (χ0n) is 14.4. The fourth-order valence-corrected chi connectivity index (χ4v) is 3.31. The van der Waals surface area contributed by atoms with E-state index in [1.165, 1.54) is 16.2 Å². The molecular formula is C17H27N3O2S. The number of rotatable bonds is 3. The maximum atomic E-state index is 12.0. The molecule has 0 radical (unpaired) electrons. The number of anilines is 1. The Hall–Kier alpha value is -1.82. The molecule has 1 aromatic rings. The van der Waals surface area contributed by atoms with E-state index in [0.29, 0.717) is 12.5 Å². The van der Waals surface area contributed by atoms with E-state index in [0.717, 1.165) is 15.7 Å². The van der Waals surface area contributed by atoms with Crippen LogP contribution in [0.3, 0.4) is 0 Å². The Morgan fingerprint density at radius 3 is 2.70 bits per heavy atom. The minimum atomic E-state index is -0.507. The van der Waals surface area contributed by atoms with Gasteiger partial charge in [0, 0.05) is 14.4 Å². The predicted octanol–water partition coefficient (Wildman–Crippen LogP) is 4.18. The summed E-state index contributed by atoms with van der Waals surface area (Å²) < 4.78 is 5.35. The van der Waals surface area contributed by atoms with Crippen molar-refractivity contribution in [3.63, 3.8) is 0 Å². The molecule has 0 saturated heterocycles. The molecule has 2 N–H and O–H groups in total. The predicted molar refractivity (Wildman–Crippen MR) is 96.5 cm³/mol. The van der Waals surface area contributed by atoms with Crippen LogP contribution in [0.2, 0.25) is 0 Å². The summed E-state index contributed by atoms with van der Waals surface area (Å²) in [5.41, 5.74) is 6.54. The number of carbonyl (C=O) groups is 1. The first-order valence-electron chi connectivity index (χ1n) is 7.71. The van der Waals surface area contributed by atoms with Crippen LogP contribution in [0, 0.1) is 5.92 Å². The largest absolute Gasteiger partial charge is 0.444 e. The molecular weight excluding hydrogens is 310 g/mol. The Morgan fingerprint density at radius 1 is 1.43 bits per heavy atom. The molecule has 2 atom stereocenters. The summed E-state index contributed by atoms with van der Waals surface area (Å²) in [6.07, 6.45) is 7.98. The number of aromatic nitrogens is 1. The summed E-state index contributed by atoms with van der Waals surface area (Å²) in [5, 5.41) is 1.54. The molecule has 6 heteroatoms. The van der Waals surface area contributed by atoms with Gasteiger partial charge in [0.2, 0.25) is 0 Å². The van der Waals surface area contributed by atoms with Crippen LogP contribution in [0.5, 0.6) is 0 Å². The number of amides is 1. The number of hydrogen-bond donors (Lipinski definition) is 1. The van der Waals surface area contributed by atoms with Gasteiger partial charge in [-0.3, -0.25) is 0 Å². The summed E-state index contributed by atoms with van der Waals surface area (Å²) in [6, 6.07) is 0. The van der Waals surface area contributed by atoms with Crippen LogP contribution < -0.4 is 5.73 Å². The molecule has 1 heterocycles. The molecule has 1 aromatic heterocycles. The summed E-state index contributed by atoms with van der Waals surface area (Å²) in [7, 11) is 1.71. The van der Waals surface area contributed by atoms with Crippen LogP contribution in [0.1, 0.15) is 45.7 Å². The van der Waals surface area contributed by atoms with Gasteiger partial charge in [-0.25, -0.2) is 9.78 Å². The molecule has 0 saturated carbocycles. The lowest BCUT2D eigenvalue weighted by atomic mass is 9.87. The average Bonchev–Trinajstić information content (AvgIpc) is 2.78. The van der Waals surface area contributed by atoms with Crippen molar-refractivity contribution in [1.82, 2.24) is 9.88 Å². The van der Waals surface area contributed by atoms with Crippen LogP contribution in [-0.4, -0.2) is 28.6 Å². The molecule has 1 aliphatic carbocycles. The minimum Gasteiger partial charge on any atom is -0.444 e. The van der Waals surface area contributed by atoms with E-state index in [1.807, 2.05) is 32.9 Å². The number of thiazole rings is 1. The molecule has 23 heavy (non-hydrogen) atoms. The van der Waals surface area contributed by atoms with E-state index in [-0.39, 0.29) is 13.4 Å². The number of nitrogens with zero attached hydrogens (tertiary/aromatic N) is 2. The number of ether oxygens (including phenoxy) is 1. The van der Waals surface area contributed by atoms with Gasteiger partial charge >= 0.3 is 6.09 Å². The van der Waals surface area contributed by atoms with Crippen molar-refractivity contribution in [3.8, 4) is 0 Å². The highest BCUT2D eigenvalue weighted by Gasteiger charge is 2.24. The first kappa shape index (κ1) is 17.5. The van der Waals surface area contributed by atoms with Gasteiger partial charge in [-0.05, 0) is 26.7 Å². The second kappa shape index (κ2) is 6.74. The summed E-state index contributed by atoms with van der Waals surface area (Å²) in [6.45, 7) is 8.09. The van der Waals surface area contributed by atoms with Gasteiger partial charge in [-0.15, -0.1) is 0 Å². The van der Waals surface area contributed by atoms with Crippen LogP contribution >= 0.6 is 11.3 Å². The molecule has 0 bridgehead atoms. The van der Waals surface area contributed by atoms with Crippen LogP contribution in [0.4, 0.5) is 9.80 Å². The van der Waals surface area contributed by atoms with E-state index in [9.17, 15) is 4.79 Å². The van der Waals surface area contributed by atoms with Gasteiger partial charge < -0.3 is 15.4 Å². The normalized spacial score (nSPS) is 20.6. The maximum absolute atomic E-state index is 12.0. The van der Waals surface area contributed by atoms with Crippen LogP contribution in [0.15, 0.2) is 24.3 Å². The van der Waals surface area contributed by atoms with Gasteiger partial charge in [-0.1, -0.05) is 42.6 Å². The fraction of sp³-hybridized carbons (Fsp3) is 0.529. The van der Waals surface area contributed by atoms with E-state index in [2.05, 4.69) is 24.1 Å². The maximum Gasteiger partial charge on any atom is 0.410 e. The van der Waals surface area contributed by atoms with E-state index in [4.69, 9.17) is 10.5 Å². The number of carbonyl (C=O) groups excluding carboxylic acids is 1. The van der Waals surface area contributed by atoms with Gasteiger partial charge in [-0.2, -0.15) is 0 Å². The summed E-state index contributed by atoms with van der Waals surface area (Å²) >= 11 is 1.43. The molecule has 1 amide bonds. The lowest BCUT2D eigenvalue weighted by molar-refractivity contribution is 0.0285. The third kappa shape index (κ3) is 4.58. The average molecular weight is 337 g/mol. The van der Waals surface area contributed by atoms with E-state index >= 15 is 0 Å². The van der Waals surface area contributed by atoms with Gasteiger partial charge in [0.15, 0.2) is 0 Å². The van der Waals surface area contributed by atoms with Gasteiger partial charge in [0.05, 0.1) is 12.2 Å². The SMILES string of the molecule is CC1C=CC=CC1c1nc(CN(C)C(=O)OC(C)(C)C)sc1N.[HH]. The highest BCUT2D eigenvalue weighted by molar-refractivity contribution is 7.15. The standard InChI is InChI=1S/C17H25N3O2S.H2/c1-11-8-6-7-9-12(11)14-15(18)23-13(19-14)10-20(5)16(21)22-17(2,3)4;/h6-9,11-12H,10,18H2,1-5H3;1H. The molecule has 2 rings (SSSR count). The highest BCUT2D eigenvalue weighted by atomic mass is 32.1. The smallest absolute Gasteiger partial charge is 0.410 e. The van der Waals surface area contributed by atoms with Gasteiger partial charge in [0.1, 0.15) is 15.6 Å². The van der Waals surface area contributed by atoms with Crippen molar-refractivity contribution in [1.29, 1.82) is 0 Å². The third-order valence-electron chi connectivity index (χ3n) is 3.53. The number of allylic oxidation sites excluding steroid dienone is 4. The second-order valence-corrected chi connectivity index (χ2v) is 7.96. The summed E-state index contributed by atoms with van der Waals surface area (Å²) in [4.78, 5) is 18.2. The lowest BCUT2D eigenvalue weighted by Gasteiger charge is -2.24. The zero-order chi connectivity index (χ0) is 17.2. The number of nitrogen functional groups attached to an aromatic ring is 1. The Balaban J connectivity index is 0.00000288. The zero-order valence-corrected chi connectivity index (χ0v) is 15.2. The molecule has 5 nitrogen and oxygen atoms in total. The van der Waals surface area contributed by atoms with Crippen LogP contribution in [-0.2, 0) is 11.3 Å². The monoisotopic (exact) mass is 337 g/mol. The fourth-order valence-electron chi connectivity index (χ4n) is 2.36. The van der Waals surface area contributed by atoms with Crippen molar-refractivity contribution in [2.45, 2.75) is 45.8 Å². The van der Waals surface area contributed by atoms with Crippen LogP contribution in [0.25, 0.3) is 0 Å². The lowest BCUT2D eigenvalue weighted by Crippen LogP contribution is -2.33. The minimum absolute atomic E-state index is 0. The first-order chi connectivity index (χ1) is 10.7. The molecule has 2 unspecified atom stereocenters. The molecule has 0 fully saturated rings. The second-order valence-electron chi connectivity index (χ2n) is 6.85. The first-order valence-corrected chi connectivity index (χ1v) is 8.53. The Bertz CT molecular complexity index is 634. The quantitative estimate of drug-likeness (QED) is 0.898. The third-order valence-corrected chi connectivity index (χ3v) is 4.41. The van der Waals surface area contributed by atoms with Crippen molar-refractivity contribution < 1.29 is 11.0 Å². The van der Waals surface area contributed by atoms with Crippen molar-refractivity contribution in [2.24, 2.45) is 5.92 Å². The molecule has 1 aliphatic rings. The van der Waals surface area contributed by atoms with E-state index in [1.54, 1.807) is 7.05 Å². The van der Waals surface area contributed by atoms with Gasteiger partial charge in [0.25, 0.3) is 0 Å². The highest BCUT2D eigenvalue weighted by Crippen LogP contribution is 2.35. The molecule has 0 spiro atoms. The Kier molecular flexibility index (Phi) is 5.14. The summed E-state index contributed by atoms with van der Waals surface area (Å²) in [5.74, 6) is 0.553.